The molecule has 0 saturated heterocycles. The lowest BCUT2D eigenvalue weighted by Crippen LogP contribution is -2.39. The number of nitrogens with one attached hydrogen (secondary N) is 2. The molecular formula is C10H13ClN6O. The molecule has 0 fully saturated rings. The van der Waals surface area contributed by atoms with Gasteiger partial charge in [-0.05, 0) is 17.5 Å². The average Bonchev–Trinajstić information content (AvgIpc) is 2.72. The van der Waals surface area contributed by atoms with E-state index in [0.717, 1.165) is 0 Å². The molecule has 0 aliphatic rings. The van der Waals surface area contributed by atoms with Gasteiger partial charge in [0, 0.05) is 0 Å². The van der Waals surface area contributed by atoms with Gasteiger partial charge in [-0.1, -0.05) is 13.8 Å². The molecule has 8 heteroatoms. The summed E-state index contributed by atoms with van der Waals surface area (Å²) in [6.45, 7) is 3.77. The minimum absolute atomic E-state index is 0.0224. The first kappa shape index (κ1) is 12.6. The van der Waals surface area contributed by atoms with E-state index >= 15 is 0 Å². The van der Waals surface area contributed by atoms with Gasteiger partial charge >= 0.3 is 0 Å². The van der Waals surface area contributed by atoms with Crippen LogP contribution in [-0.4, -0.2) is 31.9 Å². The molecule has 4 N–H and O–H groups in total. The van der Waals surface area contributed by atoms with E-state index in [-0.39, 0.29) is 11.2 Å². The van der Waals surface area contributed by atoms with Crippen LogP contribution in [0.15, 0.2) is 6.33 Å². The quantitative estimate of drug-likeness (QED) is 0.715. The van der Waals surface area contributed by atoms with Crippen LogP contribution in [0, 0.1) is 5.92 Å². The monoisotopic (exact) mass is 268 g/mol. The van der Waals surface area contributed by atoms with Crippen molar-refractivity contribution in [3.63, 3.8) is 0 Å². The summed E-state index contributed by atoms with van der Waals surface area (Å²) in [6.07, 6.45) is 1.48. The van der Waals surface area contributed by atoms with Crippen molar-refractivity contribution in [2.45, 2.75) is 19.9 Å². The highest BCUT2D eigenvalue weighted by Gasteiger charge is 2.21. The van der Waals surface area contributed by atoms with Gasteiger partial charge in [-0.15, -0.1) is 0 Å². The number of nitrogens with zero attached hydrogens (tertiary/aromatic N) is 3. The molecule has 2 aromatic heterocycles. The number of imidazole rings is 1. The van der Waals surface area contributed by atoms with Crippen molar-refractivity contribution >= 4 is 34.5 Å². The first-order valence-electron chi connectivity index (χ1n) is 5.41. The molecule has 0 aliphatic heterocycles. The molecule has 18 heavy (non-hydrogen) atoms. The number of fused-ring (bicyclic) bond motifs is 1. The summed E-state index contributed by atoms with van der Waals surface area (Å²) < 4.78 is 0. The molecule has 0 radical (unpaired) electrons. The summed E-state index contributed by atoms with van der Waals surface area (Å²) in [5, 5.41) is 3.03. The zero-order valence-electron chi connectivity index (χ0n) is 9.94. The van der Waals surface area contributed by atoms with E-state index in [1.54, 1.807) is 0 Å². The van der Waals surface area contributed by atoms with Crippen LogP contribution >= 0.6 is 11.6 Å². The number of hydrogen-bond acceptors (Lipinski definition) is 5. The number of H-pyrrole nitrogens is 1. The van der Waals surface area contributed by atoms with E-state index in [1.165, 1.54) is 6.33 Å². The Kier molecular flexibility index (Phi) is 3.33. The van der Waals surface area contributed by atoms with Gasteiger partial charge in [-0.25, -0.2) is 4.98 Å². The third-order valence-electron chi connectivity index (χ3n) is 2.52. The Labute approximate surface area is 108 Å². The molecule has 2 aromatic rings. The van der Waals surface area contributed by atoms with E-state index in [0.29, 0.717) is 17.0 Å². The van der Waals surface area contributed by atoms with Crippen molar-refractivity contribution in [2.75, 3.05) is 5.32 Å². The molecule has 96 valence electrons. The van der Waals surface area contributed by atoms with Crippen LogP contribution in [0.25, 0.3) is 11.2 Å². The minimum atomic E-state index is -0.539. The van der Waals surface area contributed by atoms with Crippen molar-refractivity contribution < 1.29 is 4.79 Å². The molecule has 1 atom stereocenters. The number of nitrogens with two attached hydrogens (primary N) is 1. The molecule has 2 heterocycles. The summed E-state index contributed by atoms with van der Waals surface area (Å²) in [4.78, 5) is 26.2. The summed E-state index contributed by atoms with van der Waals surface area (Å²) in [5.74, 6) is -0.0124. The number of carbonyl (C=O) groups excluding carboxylic acids is 1. The van der Waals surface area contributed by atoms with E-state index in [2.05, 4.69) is 25.3 Å². The van der Waals surface area contributed by atoms with Gasteiger partial charge in [-0.3, -0.25) is 4.79 Å². The Morgan fingerprint density at radius 3 is 2.83 bits per heavy atom. The summed E-state index contributed by atoms with van der Waals surface area (Å²) in [5.41, 5.74) is 6.36. The lowest BCUT2D eigenvalue weighted by Gasteiger charge is -2.19. The maximum absolute atomic E-state index is 11.4. The lowest BCUT2D eigenvalue weighted by atomic mass is 10.0. The molecule has 0 spiro atoms. The Hall–Kier alpha value is -1.89. The Balaban J connectivity index is 2.41. The smallest absolute Gasteiger partial charge is 0.240 e. The third-order valence-corrected chi connectivity index (χ3v) is 2.69. The topological polar surface area (TPSA) is 110 Å². The van der Waals surface area contributed by atoms with Crippen LogP contribution in [-0.2, 0) is 4.79 Å². The largest absolute Gasteiger partial charge is 0.368 e. The van der Waals surface area contributed by atoms with Crippen molar-refractivity contribution in [2.24, 2.45) is 11.7 Å². The highest BCUT2D eigenvalue weighted by molar-refractivity contribution is 6.28. The zero-order valence-corrected chi connectivity index (χ0v) is 10.7. The minimum Gasteiger partial charge on any atom is -0.368 e. The first-order chi connectivity index (χ1) is 8.49. The number of amides is 1. The standard InChI is InChI=1S/C10H13ClN6O/c1-4(2)5(7(12)18)15-9-6-8(14-3-13-6)16-10(11)17-9/h3-5H,1-2H3,(H2,12,18)(H2,13,14,15,16,17). The second kappa shape index (κ2) is 4.77. The zero-order chi connectivity index (χ0) is 13.3. The van der Waals surface area contributed by atoms with E-state index in [9.17, 15) is 4.79 Å². The highest BCUT2D eigenvalue weighted by atomic mass is 35.5. The Bertz CT molecular complexity index is 581. The van der Waals surface area contributed by atoms with Gasteiger partial charge in [0.1, 0.15) is 11.6 Å². The van der Waals surface area contributed by atoms with Crippen LogP contribution in [0.5, 0.6) is 0 Å². The van der Waals surface area contributed by atoms with E-state index < -0.39 is 11.9 Å². The van der Waals surface area contributed by atoms with E-state index in [4.69, 9.17) is 17.3 Å². The number of aromatic amines is 1. The fraction of sp³-hybridized carbons (Fsp3) is 0.400. The lowest BCUT2D eigenvalue weighted by molar-refractivity contribution is -0.119. The van der Waals surface area contributed by atoms with Gasteiger partial charge < -0.3 is 16.0 Å². The molecule has 0 aromatic carbocycles. The highest BCUT2D eigenvalue weighted by Crippen LogP contribution is 2.20. The fourth-order valence-electron chi connectivity index (χ4n) is 1.62. The van der Waals surface area contributed by atoms with Gasteiger partial charge in [0.15, 0.2) is 11.5 Å². The predicted molar refractivity (Wildman–Crippen MR) is 68.1 cm³/mol. The fourth-order valence-corrected chi connectivity index (χ4v) is 1.79. The number of aromatic nitrogens is 4. The summed E-state index contributed by atoms with van der Waals surface area (Å²) in [7, 11) is 0. The number of anilines is 1. The first-order valence-corrected chi connectivity index (χ1v) is 5.79. The molecule has 2 rings (SSSR count). The normalized spacial score (nSPS) is 12.9. The SMILES string of the molecule is CC(C)C(Nc1nc(Cl)nc2nc[nH]c12)C(N)=O. The predicted octanol–water partition coefficient (Wildman–Crippen LogP) is 0.928. The maximum atomic E-state index is 11.4. The van der Waals surface area contributed by atoms with Crippen LogP contribution < -0.4 is 11.1 Å². The summed E-state index contributed by atoms with van der Waals surface area (Å²) >= 11 is 5.79. The number of rotatable bonds is 4. The van der Waals surface area contributed by atoms with Crippen molar-refractivity contribution in [1.29, 1.82) is 0 Å². The number of hydrogen-bond donors (Lipinski definition) is 3. The van der Waals surface area contributed by atoms with Gasteiger partial charge in [-0.2, -0.15) is 9.97 Å². The average molecular weight is 269 g/mol. The number of primary amides is 1. The Morgan fingerprint density at radius 1 is 1.50 bits per heavy atom. The molecule has 1 amide bonds. The second-order valence-corrected chi connectivity index (χ2v) is 4.55. The molecule has 7 nitrogen and oxygen atoms in total. The van der Waals surface area contributed by atoms with Crippen molar-refractivity contribution in [3.05, 3.63) is 11.6 Å². The van der Waals surface area contributed by atoms with Gasteiger partial charge in [0.25, 0.3) is 0 Å². The molecule has 0 aliphatic carbocycles. The van der Waals surface area contributed by atoms with E-state index in [1.807, 2.05) is 13.8 Å². The molecule has 0 saturated carbocycles. The maximum Gasteiger partial charge on any atom is 0.240 e. The summed E-state index contributed by atoms with van der Waals surface area (Å²) in [6, 6.07) is -0.539. The third kappa shape index (κ3) is 2.35. The second-order valence-electron chi connectivity index (χ2n) is 4.21. The molecular weight excluding hydrogens is 256 g/mol. The van der Waals surface area contributed by atoms with Crippen molar-refractivity contribution in [1.82, 2.24) is 19.9 Å². The Morgan fingerprint density at radius 2 is 2.22 bits per heavy atom. The number of carbonyl (C=O) groups is 1. The molecule has 0 bridgehead atoms. The van der Waals surface area contributed by atoms with Gasteiger partial charge in [0.2, 0.25) is 11.2 Å². The van der Waals surface area contributed by atoms with Crippen LogP contribution in [0.4, 0.5) is 5.82 Å². The van der Waals surface area contributed by atoms with Crippen LogP contribution in [0.1, 0.15) is 13.8 Å². The number of halogens is 1. The van der Waals surface area contributed by atoms with Gasteiger partial charge in [0.05, 0.1) is 6.33 Å². The van der Waals surface area contributed by atoms with Crippen LogP contribution in [0.2, 0.25) is 5.28 Å². The molecule has 1 unspecified atom stereocenters. The van der Waals surface area contributed by atoms with Crippen molar-refractivity contribution in [3.8, 4) is 0 Å². The van der Waals surface area contributed by atoms with Crippen LogP contribution in [0.3, 0.4) is 0 Å².